The zero-order valence-corrected chi connectivity index (χ0v) is 19.1. The van der Waals surface area contributed by atoms with Crippen molar-refractivity contribution >= 4 is 34.4 Å². The molecule has 0 radical (unpaired) electrons. The number of nitrogens with one attached hydrogen (secondary N) is 3. The van der Waals surface area contributed by atoms with Crippen LogP contribution < -0.4 is 21.8 Å². The first-order valence-corrected chi connectivity index (χ1v) is 10.9. The fraction of sp³-hybridized carbons (Fsp3) is 0.417. The van der Waals surface area contributed by atoms with Gasteiger partial charge in [0.05, 0.1) is 0 Å². The summed E-state index contributed by atoms with van der Waals surface area (Å²) >= 11 is 0. The Morgan fingerprint density at radius 1 is 0.939 bits per heavy atom. The molecule has 2 aromatic carbocycles. The van der Waals surface area contributed by atoms with Gasteiger partial charge < -0.3 is 16.4 Å². The van der Waals surface area contributed by atoms with Crippen molar-refractivity contribution in [2.75, 3.05) is 0 Å². The molecule has 0 heterocycles. The van der Waals surface area contributed by atoms with E-state index in [4.69, 9.17) is 10.9 Å². The van der Waals surface area contributed by atoms with Gasteiger partial charge in [-0.1, -0.05) is 56.3 Å². The number of amides is 4. The molecule has 4 amide bonds. The lowest BCUT2D eigenvalue weighted by atomic mass is 9.92. The Morgan fingerprint density at radius 2 is 1.61 bits per heavy atom. The molecule has 0 aliphatic heterocycles. The average Bonchev–Trinajstić information content (AvgIpc) is 2.77. The highest BCUT2D eigenvalue weighted by atomic mass is 16.5. The SMILES string of the molecule is CC(C)CC(CC(=O)NO)C(=O)N[C@@H](Cc1cccc2ccccc12)C(=O)N[C@@H](C)C(N)=O. The second-order valence-electron chi connectivity index (χ2n) is 8.60. The lowest BCUT2D eigenvalue weighted by molar-refractivity contribution is -0.136. The van der Waals surface area contributed by atoms with Gasteiger partial charge in [0.15, 0.2) is 0 Å². The van der Waals surface area contributed by atoms with Crippen LogP contribution in [0.1, 0.15) is 39.2 Å². The molecule has 9 nitrogen and oxygen atoms in total. The number of carbonyl (C=O) groups excluding carboxylic acids is 4. The zero-order chi connectivity index (χ0) is 24.5. The van der Waals surface area contributed by atoms with Crippen LogP contribution in [0.15, 0.2) is 42.5 Å². The predicted octanol–water partition coefficient (Wildman–Crippen LogP) is 1.41. The number of hydrogen-bond donors (Lipinski definition) is 5. The number of fused-ring (bicyclic) bond motifs is 1. The fourth-order valence-corrected chi connectivity index (χ4v) is 3.70. The Labute approximate surface area is 193 Å². The van der Waals surface area contributed by atoms with E-state index >= 15 is 0 Å². The zero-order valence-electron chi connectivity index (χ0n) is 19.1. The molecule has 33 heavy (non-hydrogen) atoms. The summed E-state index contributed by atoms with van der Waals surface area (Å²) in [6.07, 6.45) is 0.339. The Morgan fingerprint density at radius 3 is 2.24 bits per heavy atom. The highest BCUT2D eigenvalue weighted by molar-refractivity contribution is 5.94. The standard InChI is InChI=1S/C24H32N4O5/c1-14(2)11-18(13-21(29)28-33)23(31)27-20(24(32)26-15(3)22(25)30)12-17-9-6-8-16-7-4-5-10-19(16)17/h4-10,14-15,18,20,33H,11-13H2,1-3H3,(H2,25,30)(H,26,32)(H,27,31)(H,28,29)/t15-,18?,20-/m0/s1. The van der Waals surface area contributed by atoms with Crippen LogP contribution >= 0.6 is 0 Å². The molecule has 0 fully saturated rings. The first-order chi connectivity index (χ1) is 15.6. The van der Waals surface area contributed by atoms with Gasteiger partial charge in [0.2, 0.25) is 23.6 Å². The van der Waals surface area contributed by atoms with Gasteiger partial charge in [-0.2, -0.15) is 0 Å². The van der Waals surface area contributed by atoms with Gasteiger partial charge in [0.25, 0.3) is 0 Å². The summed E-state index contributed by atoms with van der Waals surface area (Å²) in [5.41, 5.74) is 7.67. The number of hydroxylamine groups is 1. The average molecular weight is 457 g/mol. The lowest BCUT2D eigenvalue weighted by Crippen LogP contribution is -2.54. The smallest absolute Gasteiger partial charge is 0.244 e. The molecule has 2 rings (SSSR count). The molecule has 6 N–H and O–H groups in total. The molecule has 0 bridgehead atoms. The van der Waals surface area contributed by atoms with Crippen molar-refractivity contribution in [3.63, 3.8) is 0 Å². The summed E-state index contributed by atoms with van der Waals surface area (Å²) in [6.45, 7) is 5.28. The third kappa shape index (κ3) is 7.57. The Balaban J connectivity index is 2.32. The van der Waals surface area contributed by atoms with Crippen LogP contribution in [0, 0.1) is 11.8 Å². The molecule has 178 valence electrons. The van der Waals surface area contributed by atoms with E-state index < -0.39 is 41.6 Å². The Hall–Kier alpha value is -3.46. The van der Waals surface area contributed by atoms with Crippen LogP contribution in [-0.4, -0.2) is 40.9 Å². The second kappa shape index (κ2) is 12.0. The highest BCUT2D eigenvalue weighted by Crippen LogP contribution is 2.21. The summed E-state index contributed by atoms with van der Waals surface area (Å²) < 4.78 is 0. The van der Waals surface area contributed by atoms with Crippen molar-refractivity contribution in [2.45, 2.75) is 52.1 Å². The van der Waals surface area contributed by atoms with Crippen LogP contribution in [-0.2, 0) is 25.6 Å². The molecular weight excluding hydrogens is 424 g/mol. The minimum Gasteiger partial charge on any atom is -0.368 e. The molecule has 1 unspecified atom stereocenters. The molecule has 0 aliphatic rings. The van der Waals surface area contributed by atoms with Gasteiger partial charge in [-0.3, -0.25) is 24.4 Å². The van der Waals surface area contributed by atoms with E-state index in [0.29, 0.717) is 6.42 Å². The molecule has 3 atom stereocenters. The van der Waals surface area contributed by atoms with Crippen molar-refractivity contribution < 1.29 is 24.4 Å². The first kappa shape index (κ1) is 25.8. The van der Waals surface area contributed by atoms with Crippen molar-refractivity contribution in [3.05, 3.63) is 48.0 Å². The molecule has 0 aromatic heterocycles. The Bertz CT molecular complexity index is 1000. The monoisotopic (exact) mass is 456 g/mol. The number of benzene rings is 2. The van der Waals surface area contributed by atoms with Crippen molar-refractivity contribution in [2.24, 2.45) is 17.6 Å². The summed E-state index contributed by atoms with van der Waals surface area (Å²) in [6, 6.07) is 11.5. The fourth-order valence-electron chi connectivity index (χ4n) is 3.70. The van der Waals surface area contributed by atoms with Gasteiger partial charge in [-0.25, -0.2) is 5.48 Å². The molecule has 0 aliphatic carbocycles. The molecule has 0 spiro atoms. The van der Waals surface area contributed by atoms with E-state index in [2.05, 4.69) is 10.6 Å². The third-order valence-electron chi connectivity index (χ3n) is 5.41. The molecule has 0 saturated heterocycles. The third-order valence-corrected chi connectivity index (χ3v) is 5.41. The second-order valence-corrected chi connectivity index (χ2v) is 8.60. The normalized spacial score (nSPS) is 13.7. The molecule has 0 saturated carbocycles. The van der Waals surface area contributed by atoms with E-state index in [1.165, 1.54) is 6.92 Å². The van der Waals surface area contributed by atoms with E-state index in [-0.39, 0.29) is 18.8 Å². The quantitative estimate of drug-likeness (QED) is 0.256. The van der Waals surface area contributed by atoms with Crippen molar-refractivity contribution in [1.82, 2.24) is 16.1 Å². The van der Waals surface area contributed by atoms with Gasteiger partial charge in [-0.05, 0) is 35.6 Å². The lowest BCUT2D eigenvalue weighted by Gasteiger charge is -2.24. The van der Waals surface area contributed by atoms with Crippen molar-refractivity contribution in [1.29, 1.82) is 0 Å². The van der Waals surface area contributed by atoms with Crippen LogP contribution in [0.2, 0.25) is 0 Å². The maximum absolute atomic E-state index is 13.1. The number of primary amides is 1. The minimum atomic E-state index is -1.00. The summed E-state index contributed by atoms with van der Waals surface area (Å²) in [7, 11) is 0. The molecule has 9 heteroatoms. The van der Waals surface area contributed by atoms with Gasteiger partial charge >= 0.3 is 0 Å². The Kier molecular flexibility index (Phi) is 9.35. The van der Waals surface area contributed by atoms with E-state index in [0.717, 1.165) is 16.3 Å². The first-order valence-electron chi connectivity index (χ1n) is 10.9. The van der Waals surface area contributed by atoms with E-state index in [9.17, 15) is 19.2 Å². The summed E-state index contributed by atoms with van der Waals surface area (Å²) in [4.78, 5) is 49.2. The number of hydrogen-bond acceptors (Lipinski definition) is 5. The summed E-state index contributed by atoms with van der Waals surface area (Å²) in [5.74, 6) is -3.07. The van der Waals surface area contributed by atoms with E-state index in [1.807, 2.05) is 56.3 Å². The predicted molar refractivity (Wildman–Crippen MR) is 124 cm³/mol. The van der Waals surface area contributed by atoms with Crippen LogP contribution in [0.3, 0.4) is 0 Å². The molecule has 2 aromatic rings. The maximum Gasteiger partial charge on any atom is 0.244 e. The largest absolute Gasteiger partial charge is 0.368 e. The van der Waals surface area contributed by atoms with Gasteiger partial charge in [-0.15, -0.1) is 0 Å². The number of nitrogens with two attached hydrogens (primary N) is 1. The summed E-state index contributed by atoms with van der Waals surface area (Å²) in [5, 5.41) is 16.1. The van der Waals surface area contributed by atoms with Crippen LogP contribution in [0.5, 0.6) is 0 Å². The number of rotatable bonds is 11. The van der Waals surface area contributed by atoms with Gasteiger partial charge in [0, 0.05) is 18.8 Å². The maximum atomic E-state index is 13.1. The van der Waals surface area contributed by atoms with Crippen molar-refractivity contribution in [3.8, 4) is 0 Å². The number of carbonyl (C=O) groups is 4. The van der Waals surface area contributed by atoms with Crippen LogP contribution in [0.25, 0.3) is 10.8 Å². The van der Waals surface area contributed by atoms with Crippen LogP contribution in [0.4, 0.5) is 0 Å². The molecular formula is C24H32N4O5. The van der Waals surface area contributed by atoms with E-state index in [1.54, 1.807) is 5.48 Å². The minimum absolute atomic E-state index is 0.104. The topological polar surface area (TPSA) is 151 Å². The van der Waals surface area contributed by atoms with Gasteiger partial charge in [0.1, 0.15) is 12.1 Å². The highest BCUT2D eigenvalue weighted by Gasteiger charge is 2.29.